The van der Waals surface area contributed by atoms with Crippen LogP contribution in [0.15, 0.2) is 46.8 Å². The van der Waals surface area contributed by atoms with Crippen molar-refractivity contribution in [1.82, 2.24) is 30.8 Å². The van der Waals surface area contributed by atoms with Crippen molar-refractivity contribution < 1.29 is 4.74 Å². The van der Waals surface area contributed by atoms with Crippen molar-refractivity contribution in [2.24, 2.45) is 5.92 Å². The van der Waals surface area contributed by atoms with E-state index in [1.807, 2.05) is 0 Å². The summed E-state index contributed by atoms with van der Waals surface area (Å²) in [5.41, 5.74) is 5.75. The Bertz CT molecular complexity index is 847. The van der Waals surface area contributed by atoms with E-state index >= 15 is 0 Å². The smallest absolute Gasteiger partial charge is 0.254 e. The molecule has 7 heteroatoms. The van der Waals surface area contributed by atoms with E-state index in [1.165, 1.54) is 16.7 Å². The molecule has 2 unspecified atom stereocenters. The summed E-state index contributed by atoms with van der Waals surface area (Å²) in [7, 11) is 0. The van der Waals surface area contributed by atoms with Gasteiger partial charge >= 0.3 is 0 Å². The summed E-state index contributed by atoms with van der Waals surface area (Å²) in [4.78, 5) is 0. The highest BCUT2D eigenvalue weighted by molar-refractivity contribution is 5.51. The van der Waals surface area contributed by atoms with Crippen molar-refractivity contribution in [2.75, 3.05) is 0 Å². The Labute approximate surface area is 153 Å². The molecule has 2 aromatic heterocycles. The third-order valence-corrected chi connectivity index (χ3v) is 5.55. The zero-order chi connectivity index (χ0) is 18.9. The number of aromatic nitrogens is 6. The number of H-pyrrole nitrogens is 2. The van der Waals surface area contributed by atoms with E-state index in [4.69, 9.17) is 4.74 Å². The van der Waals surface area contributed by atoms with E-state index in [1.54, 1.807) is 12.4 Å². The maximum absolute atomic E-state index is 6.53. The molecule has 2 heterocycles. The number of nitrogens with one attached hydrogen (secondary N) is 2. The van der Waals surface area contributed by atoms with Gasteiger partial charge in [-0.2, -0.15) is 0 Å². The lowest BCUT2D eigenvalue weighted by atomic mass is 9.65. The van der Waals surface area contributed by atoms with Gasteiger partial charge in [0.15, 0.2) is 5.60 Å². The Hall–Kier alpha value is -2.70. The molecule has 2 N–H and O–H groups in total. The lowest BCUT2D eigenvalue weighted by Crippen LogP contribution is -2.47. The molecule has 0 aliphatic heterocycles. The van der Waals surface area contributed by atoms with Crippen molar-refractivity contribution in [3.63, 3.8) is 0 Å². The zero-order valence-corrected chi connectivity index (χ0v) is 16.1. The molecule has 26 heavy (non-hydrogen) atoms. The van der Waals surface area contributed by atoms with Crippen molar-refractivity contribution in [2.45, 2.75) is 53.1 Å². The third-order valence-electron chi connectivity index (χ3n) is 5.55. The summed E-state index contributed by atoms with van der Waals surface area (Å²) >= 11 is 0. The molecule has 0 aromatic carbocycles. The average molecular weight is 354 g/mol. The van der Waals surface area contributed by atoms with Crippen LogP contribution in [0.1, 0.15) is 53.2 Å². The van der Waals surface area contributed by atoms with Crippen molar-refractivity contribution in [3.8, 4) is 5.88 Å². The fourth-order valence-electron chi connectivity index (χ4n) is 3.97. The van der Waals surface area contributed by atoms with Gasteiger partial charge in [0.05, 0.1) is 12.1 Å². The molecule has 0 saturated heterocycles. The molecule has 1 aliphatic rings. The lowest BCUT2D eigenvalue weighted by molar-refractivity contribution is 0.0549. The van der Waals surface area contributed by atoms with Crippen LogP contribution < -0.4 is 4.74 Å². The Kier molecular flexibility index (Phi) is 4.80. The van der Waals surface area contributed by atoms with Crippen LogP contribution in [0, 0.1) is 5.92 Å². The molecule has 2 atom stereocenters. The fraction of sp³-hybridized carbons (Fsp3) is 0.474. The Morgan fingerprint density at radius 2 is 1.81 bits per heavy atom. The van der Waals surface area contributed by atoms with Crippen LogP contribution in [0.2, 0.25) is 0 Å². The summed E-state index contributed by atoms with van der Waals surface area (Å²) in [6.45, 7) is 15.1. The topological polar surface area (TPSA) is 92.4 Å². The standard InChI is InChI=1S/C19H26N6O/c1-7-8-11(2)18-14(5)12(3)13(4)15(6)19(18,16-9-20-24-22-16)26-17-10-21-25-23-17/h9-10,18H,2,7-8H2,1,3-6H3,(H,20,22,24)(H,21,23,25). The Balaban J connectivity index is 2.28. The predicted molar refractivity (Wildman–Crippen MR) is 99.4 cm³/mol. The molecule has 0 saturated carbocycles. The molecule has 1 aliphatic carbocycles. The van der Waals surface area contributed by atoms with Crippen molar-refractivity contribution in [1.29, 1.82) is 0 Å². The van der Waals surface area contributed by atoms with E-state index in [9.17, 15) is 0 Å². The number of ether oxygens (including phenoxy) is 1. The second kappa shape index (κ2) is 6.90. The number of nitrogens with zero attached hydrogens (tertiary/aromatic N) is 4. The van der Waals surface area contributed by atoms with E-state index < -0.39 is 5.60 Å². The van der Waals surface area contributed by atoms with E-state index in [0.29, 0.717) is 11.6 Å². The second-order valence-corrected chi connectivity index (χ2v) is 6.91. The summed E-state index contributed by atoms with van der Waals surface area (Å²) in [5, 5.41) is 21.7. The van der Waals surface area contributed by atoms with Crippen molar-refractivity contribution in [3.05, 3.63) is 52.5 Å². The maximum Gasteiger partial charge on any atom is 0.254 e. The first-order valence-corrected chi connectivity index (χ1v) is 8.89. The quantitative estimate of drug-likeness (QED) is 0.769. The SMILES string of the molecule is C=C(CCC)C1C(C)=C(C)C(C)=C(C)C1(Oc1c[nH]nn1)c1c[nH]nn1. The van der Waals surface area contributed by atoms with Crippen LogP contribution >= 0.6 is 0 Å². The maximum atomic E-state index is 6.53. The van der Waals surface area contributed by atoms with E-state index in [2.05, 4.69) is 72.0 Å². The van der Waals surface area contributed by atoms with E-state index in [0.717, 1.165) is 24.0 Å². The molecule has 0 amide bonds. The number of aromatic amines is 2. The number of hydrogen-bond donors (Lipinski definition) is 2. The highest BCUT2D eigenvalue weighted by atomic mass is 16.5. The number of rotatable bonds is 6. The zero-order valence-electron chi connectivity index (χ0n) is 16.1. The first-order valence-electron chi connectivity index (χ1n) is 8.89. The highest BCUT2D eigenvalue weighted by Gasteiger charge is 2.52. The summed E-state index contributed by atoms with van der Waals surface area (Å²) in [6.07, 6.45) is 5.35. The number of allylic oxidation sites excluding steroid dienone is 2. The lowest BCUT2D eigenvalue weighted by Gasteiger charge is -2.45. The normalized spacial score (nSPS) is 23.5. The van der Waals surface area contributed by atoms with Crippen LogP contribution in [0.4, 0.5) is 0 Å². The Morgan fingerprint density at radius 1 is 1.12 bits per heavy atom. The average Bonchev–Trinajstić information content (AvgIpc) is 3.31. The van der Waals surface area contributed by atoms with Crippen LogP contribution in [-0.4, -0.2) is 30.8 Å². The van der Waals surface area contributed by atoms with Crippen molar-refractivity contribution >= 4 is 0 Å². The molecule has 2 aromatic rings. The Morgan fingerprint density at radius 3 is 2.38 bits per heavy atom. The van der Waals surface area contributed by atoms with Gasteiger partial charge in [-0.05, 0) is 50.8 Å². The number of hydrogen-bond acceptors (Lipinski definition) is 5. The van der Waals surface area contributed by atoms with Gasteiger partial charge in [-0.25, -0.2) is 0 Å². The highest BCUT2D eigenvalue weighted by Crippen LogP contribution is 2.52. The minimum Gasteiger partial charge on any atom is -0.457 e. The molecule has 0 fully saturated rings. The van der Waals surface area contributed by atoms with Gasteiger partial charge in [-0.15, -0.1) is 5.10 Å². The van der Waals surface area contributed by atoms with Gasteiger partial charge in [0.1, 0.15) is 5.69 Å². The monoisotopic (exact) mass is 354 g/mol. The summed E-state index contributed by atoms with van der Waals surface area (Å²) in [5.74, 6) is 0.356. The fourth-order valence-corrected chi connectivity index (χ4v) is 3.97. The molecule has 138 valence electrons. The van der Waals surface area contributed by atoms with Gasteiger partial charge < -0.3 is 4.74 Å². The second-order valence-electron chi connectivity index (χ2n) is 6.91. The molecular weight excluding hydrogens is 328 g/mol. The van der Waals surface area contributed by atoms with Gasteiger partial charge in [-0.3, -0.25) is 10.2 Å². The first-order chi connectivity index (χ1) is 12.4. The predicted octanol–water partition coefficient (Wildman–Crippen LogP) is 3.86. The minimum absolute atomic E-state index is 0.0621. The summed E-state index contributed by atoms with van der Waals surface area (Å²) in [6, 6.07) is 0. The first kappa shape index (κ1) is 18.1. The molecule has 0 radical (unpaired) electrons. The van der Waals surface area contributed by atoms with Crippen LogP contribution in [0.5, 0.6) is 5.88 Å². The van der Waals surface area contributed by atoms with Gasteiger partial charge in [0.25, 0.3) is 5.88 Å². The molecule has 3 rings (SSSR count). The molecule has 0 spiro atoms. The van der Waals surface area contributed by atoms with Gasteiger partial charge in [-0.1, -0.05) is 46.6 Å². The largest absolute Gasteiger partial charge is 0.457 e. The third kappa shape index (κ3) is 2.67. The molecular formula is C19H26N6O. The van der Waals surface area contributed by atoms with E-state index in [-0.39, 0.29) is 5.92 Å². The minimum atomic E-state index is -0.857. The van der Waals surface area contributed by atoms with Crippen LogP contribution in [0.25, 0.3) is 0 Å². The molecule has 0 bridgehead atoms. The van der Waals surface area contributed by atoms with Crippen LogP contribution in [0.3, 0.4) is 0 Å². The van der Waals surface area contributed by atoms with Gasteiger partial charge in [0, 0.05) is 6.20 Å². The summed E-state index contributed by atoms with van der Waals surface area (Å²) < 4.78 is 6.53. The molecule has 7 nitrogen and oxygen atoms in total. The van der Waals surface area contributed by atoms with Gasteiger partial charge in [0.2, 0.25) is 0 Å². The van der Waals surface area contributed by atoms with Crippen LogP contribution in [-0.2, 0) is 5.60 Å².